The van der Waals surface area contributed by atoms with Gasteiger partial charge in [-0.1, -0.05) is 49.4 Å². The molecular formula is C22H24N2O4S. The summed E-state index contributed by atoms with van der Waals surface area (Å²) in [6.45, 7) is 1.78. The van der Waals surface area contributed by atoms with E-state index in [0.29, 0.717) is 23.5 Å². The molecule has 1 atom stereocenters. The summed E-state index contributed by atoms with van der Waals surface area (Å²) in [6.07, 6.45) is 1.40. The minimum Gasteiger partial charge on any atom is -0.497 e. The number of benzene rings is 3. The number of nitrogens with zero attached hydrogens (tertiary/aromatic N) is 1. The molecule has 0 aromatic heterocycles. The Morgan fingerprint density at radius 2 is 1.76 bits per heavy atom. The van der Waals surface area contributed by atoms with Gasteiger partial charge in [-0.05, 0) is 30.0 Å². The predicted molar refractivity (Wildman–Crippen MR) is 117 cm³/mol. The summed E-state index contributed by atoms with van der Waals surface area (Å²) in [5.74, 6) is 0.123. The average Bonchev–Trinajstić information content (AvgIpc) is 2.71. The van der Waals surface area contributed by atoms with Gasteiger partial charge in [-0.15, -0.1) is 0 Å². The average molecular weight is 413 g/mol. The lowest BCUT2D eigenvalue weighted by Gasteiger charge is -2.30. The fraction of sp³-hybridized carbons (Fsp3) is 0.227. The van der Waals surface area contributed by atoms with Crippen molar-refractivity contribution in [2.75, 3.05) is 23.0 Å². The van der Waals surface area contributed by atoms with E-state index in [2.05, 4.69) is 5.32 Å². The quantitative estimate of drug-likeness (QED) is 0.636. The fourth-order valence-corrected chi connectivity index (χ4v) is 4.56. The number of anilines is 2. The molecule has 1 amide bonds. The minimum absolute atomic E-state index is 0.306. The van der Waals surface area contributed by atoms with E-state index in [-0.39, 0.29) is 0 Å². The van der Waals surface area contributed by atoms with Gasteiger partial charge in [0, 0.05) is 17.1 Å². The first-order valence-electron chi connectivity index (χ1n) is 9.27. The van der Waals surface area contributed by atoms with Crippen molar-refractivity contribution in [1.29, 1.82) is 0 Å². The monoisotopic (exact) mass is 412 g/mol. The van der Waals surface area contributed by atoms with Crippen molar-refractivity contribution in [2.45, 2.75) is 19.4 Å². The molecule has 7 heteroatoms. The largest absolute Gasteiger partial charge is 0.497 e. The van der Waals surface area contributed by atoms with Crippen molar-refractivity contribution in [3.8, 4) is 5.75 Å². The second-order valence-corrected chi connectivity index (χ2v) is 8.56. The third-order valence-electron chi connectivity index (χ3n) is 4.69. The molecule has 6 nitrogen and oxygen atoms in total. The first kappa shape index (κ1) is 20.7. The van der Waals surface area contributed by atoms with E-state index < -0.39 is 22.0 Å². The number of hydrogen-bond donors (Lipinski definition) is 1. The Hall–Kier alpha value is -3.06. The maximum Gasteiger partial charge on any atom is 0.248 e. The van der Waals surface area contributed by atoms with Crippen LogP contribution in [-0.2, 0) is 14.8 Å². The zero-order valence-corrected chi connectivity index (χ0v) is 17.4. The van der Waals surface area contributed by atoms with Gasteiger partial charge in [0.25, 0.3) is 0 Å². The van der Waals surface area contributed by atoms with Gasteiger partial charge >= 0.3 is 0 Å². The Labute approximate surface area is 171 Å². The van der Waals surface area contributed by atoms with Gasteiger partial charge in [-0.25, -0.2) is 8.42 Å². The summed E-state index contributed by atoms with van der Waals surface area (Å²) in [5.41, 5.74) is 1.03. The highest BCUT2D eigenvalue weighted by molar-refractivity contribution is 7.92. The van der Waals surface area contributed by atoms with E-state index >= 15 is 0 Å². The van der Waals surface area contributed by atoms with Crippen molar-refractivity contribution in [3.05, 3.63) is 66.7 Å². The number of fused-ring (bicyclic) bond motifs is 1. The van der Waals surface area contributed by atoms with Gasteiger partial charge in [0.15, 0.2) is 0 Å². The SMILES string of the molecule is CCC(C(=O)Nc1cccc2ccccc12)N(c1cccc(OC)c1)S(C)(=O)=O. The van der Waals surface area contributed by atoms with Gasteiger partial charge in [-0.3, -0.25) is 9.10 Å². The first-order valence-corrected chi connectivity index (χ1v) is 11.1. The Bertz CT molecular complexity index is 1120. The Morgan fingerprint density at radius 3 is 2.45 bits per heavy atom. The van der Waals surface area contributed by atoms with Gasteiger partial charge in [-0.2, -0.15) is 0 Å². The van der Waals surface area contributed by atoms with Crippen molar-refractivity contribution >= 4 is 38.1 Å². The van der Waals surface area contributed by atoms with Crippen molar-refractivity contribution in [2.24, 2.45) is 0 Å². The standard InChI is InChI=1S/C22H24N2O4S/c1-4-21(24(29(3,26)27)17-11-8-12-18(15-17)28-2)22(25)23-20-14-7-10-16-9-5-6-13-19(16)20/h5-15,21H,4H2,1-3H3,(H,23,25). The van der Waals surface area contributed by atoms with Crippen LogP contribution in [0.3, 0.4) is 0 Å². The summed E-state index contributed by atoms with van der Waals surface area (Å²) in [4.78, 5) is 13.2. The van der Waals surface area contributed by atoms with Crippen molar-refractivity contribution in [3.63, 3.8) is 0 Å². The topological polar surface area (TPSA) is 75.7 Å². The number of rotatable bonds is 7. The summed E-state index contributed by atoms with van der Waals surface area (Å²) >= 11 is 0. The number of sulfonamides is 1. The highest BCUT2D eigenvalue weighted by Gasteiger charge is 2.32. The molecule has 29 heavy (non-hydrogen) atoms. The summed E-state index contributed by atoms with van der Waals surface area (Å²) in [7, 11) is -2.21. The van der Waals surface area contributed by atoms with Gasteiger partial charge in [0.2, 0.25) is 15.9 Å². The lowest BCUT2D eigenvalue weighted by molar-refractivity contribution is -0.117. The molecule has 0 saturated heterocycles. The molecule has 0 heterocycles. The molecule has 1 unspecified atom stereocenters. The van der Waals surface area contributed by atoms with Crippen LogP contribution >= 0.6 is 0 Å². The number of carbonyl (C=O) groups is 1. The Morgan fingerprint density at radius 1 is 1.07 bits per heavy atom. The van der Waals surface area contributed by atoms with Crippen LogP contribution in [0.2, 0.25) is 0 Å². The van der Waals surface area contributed by atoms with Crippen LogP contribution in [0, 0.1) is 0 Å². The third-order valence-corrected chi connectivity index (χ3v) is 5.86. The highest BCUT2D eigenvalue weighted by Crippen LogP contribution is 2.28. The zero-order chi connectivity index (χ0) is 21.0. The number of amides is 1. The molecule has 0 spiro atoms. The molecule has 3 aromatic carbocycles. The van der Waals surface area contributed by atoms with Crippen molar-refractivity contribution < 1.29 is 17.9 Å². The molecule has 0 saturated carbocycles. The smallest absolute Gasteiger partial charge is 0.248 e. The maximum absolute atomic E-state index is 13.2. The molecule has 1 N–H and O–H groups in total. The van der Waals surface area contributed by atoms with Crippen LogP contribution in [0.25, 0.3) is 10.8 Å². The highest BCUT2D eigenvalue weighted by atomic mass is 32.2. The molecule has 3 rings (SSSR count). The number of nitrogens with one attached hydrogen (secondary N) is 1. The van der Waals surface area contributed by atoms with E-state index in [4.69, 9.17) is 4.74 Å². The first-order chi connectivity index (χ1) is 13.8. The molecule has 152 valence electrons. The molecule has 0 aliphatic heterocycles. The van der Waals surface area contributed by atoms with E-state index in [9.17, 15) is 13.2 Å². The van der Waals surface area contributed by atoms with E-state index in [1.165, 1.54) is 7.11 Å². The van der Waals surface area contributed by atoms with Crippen molar-refractivity contribution in [1.82, 2.24) is 0 Å². The maximum atomic E-state index is 13.2. The molecule has 0 aliphatic carbocycles. The second-order valence-electron chi connectivity index (χ2n) is 6.70. The number of ether oxygens (including phenoxy) is 1. The lowest BCUT2D eigenvalue weighted by atomic mass is 10.1. The molecule has 3 aromatic rings. The van der Waals surface area contributed by atoms with Crippen LogP contribution in [0.1, 0.15) is 13.3 Å². The van der Waals surface area contributed by atoms with Crippen LogP contribution in [0.15, 0.2) is 66.7 Å². The van der Waals surface area contributed by atoms with Gasteiger partial charge in [0.1, 0.15) is 11.8 Å². The van der Waals surface area contributed by atoms with E-state index in [1.807, 2.05) is 42.5 Å². The van der Waals surface area contributed by atoms with E-state index in [0.717, 1.165) is 21.3 Å². The molecule has 0 bridgehead atoms. The Kier molecular flexibility index (Phi) is 6.08. The van der Waals surface area contributed by atoms with Crippen LogP contribution < -0.4 is 14.4 Å². The van der Waals surface area contributed by atoms with E-state index in [1.54, 1.807) is 31.2 Å². The molecule has 0 fully saturated rings. The Balaban J connectivity index is 1.99. The minimum atomic E-state index is -3.72. The summed E-state index contributed by atoms with van der Waals surface area (Å²) in [6, 6.07) is 19.1. The number of carbonyl (C=O) groups excluding carboxylic acids is 1. The predicted octanol–water partition coefficient (Wildman–Crippen LogP) is 4.03. The number of hydrogen-bond acceptors (Lipinski definition) is 4. The zero-order valence-electron chi connectivity index (χ0n) is 16.6. The fourth-order valence-electron chi connectivity index (χ4n) is 3.36. The molecule has 0 aliphatic rings. The lowest BCUT2D eigenvalue weighted by Crippen LogP contribution is -2.47. The van der Waals surface area contributed by atoms with Gasteiger partial charge < -0.3 is 10.1 Å². The summed E-state index contributed by atoms with van der Waals surface area (Å²) < 4.78 is 31.6. The molecule has 0 radical (unpaired) electrons. The van der Waals surface area contributed by atoms with Gasteiger partial charge in [0.05, 0.1) is 19.1 Å². The number of methoxy groups -OCH3 is 1. The normalized spacial score (nSPS) is 12.4. The van der Waals surface area contributed by atoms with Crippen LogP contribution in [0.5, 0.6) is 5.75 Å². The van der Waals surface area contributed by atoms with Crippen LogP contribution in [0.4, 0.5) is 11.4 Å². The molecular weight excluding hydrogens is 388 g/mol. The third kappa shape index (κ3) is 4.51. The summed E-state index contributed by atoms with van der Waals surface area (Å²) in [5, 5.41) is 4.80. The van der Waals surface area contributed by atoms with Crippen LogP contribution in [-0.4, -0.2) is 33.7 Å². The second kappa shape index (κ2) is 8.53.